The summed E-state index contributed by atoms with van der Waals surface area (Å²) in [4.78, 5) is 24.1. The molecule has 4 nitrogen and oxygen atoms in total. The second-order valence-electron chi connectivity index (χ2n) is 4.13. The van der Waals surface area contributed by atoms with Crippen LogP contribution in [0.4, 0.5) is 0 Å². The minimum absolute atomic E-state index is 0.189. The van der Waals surface area contributed by atoms with E-state index in [4.69, 9.17) is 5.11 Å². The fourth-order valence-corrected chi connectivity index (χ4v) is 1.81. The number of rotatable bonds is 4. The Hall–Kier alpha value is -1.36. The third kappa shape index (κ3) is 2.61. The van der Waals surface area contributed by atoms with Gasteiger partial charge in [-0.05, 0) is 36.2 Å². The lowest BCUT2D eigenvalue weighted by atomic mass is 10.0. The van der Waals surface area contributed by atoms with E-state index in [0.717, 1.165) is 5.56 Å². The van der Waals surface area contributed by atoms with Crippen LogP contribution >= 0.6 is 11.3 Å². The Morgan fingerprint density at radius 1 is 1.50 bits per heavy atom. The minimum Gasteiger partial charge on any atom is -0.480 e. The molecule has 0 aromatic carbocycles. The third-order valence-corrected chi connectivity index (χ3v) is 3.40. The highest BCUT2D eigenvalue weighted by Gasteiger charge is 2.34. The molecule has 0 aliphatic rings. The number of likely N-dealkylation sites (N-methyl/N-ethyl adjacent to an activating group) is 1. The summed E-state index contributed by atoms with van der Waals surface area (Å²) in [6.45, 7) is 3.03. The predicted molar refractivity (Wildman–Crippen MR) is 62.5 cm³/mol. The average molecular weight is 241 g/mol. The lowest BCUT2D eigenvalue weighted by Crippen LogP contribution is -2.51. The van der Waals surface area contributed by atoms with Crippen LogP contribution in [0.1, 0.15) is 19.4 Å². The van der Waals surface area contributed by atoms with E-state index in [0.29, 0.717) is 0 Å². The molecule has 0 aliphatic carbocycles. The lowest BCUT2D eigenvalue weighted by Gasteiger charge is -2.31. The molecule has 16 heavy (non-hydrogen) atoms. The second-order valence-corrected chi connectivity index (χ2v) is 4.91. The monoisotopic (exact) mass is 241 g/mol. The maximum Gasteiger partial charge on any atom is 0.329 e. The first-order valence-electron chi connectivity index (χ1n) is 4.87. The summed E-state index contributed by atoms with van der Waals surface area (Å²) in [5, 5.41) is 12.8. The van der Waals surface area contributed by atoms with Gasteiger partial charge in [0, 0.05) is 7.05 Å². The van der Waals surface area contributed by atoms with Crippen LogP contribution in [-0.2, 0) is 16.0 Å². The molecule has 1 amide bonds. The van der Waals surface area contributed by atoms with Crippen molar-refractivity contribution in [2.75, 3.05) is 7.05 Å². The Morgan fingerprint density at radius 2 is 2.12 bits per heavy atom. The smallest absolute Gasteiger partial charge is 0.329 e. The first kappa shape index (κ1) is 12.7. The van der Waals surface area contributed by atoms with Crippen molar-refractivity contribution in [1.82, 2.24) is 4.90 Å². The predicted octanol–water partition coefficient (Wildman–Crippen LogP) is 1.61. The van der Waals surface area contributed by atoms with E-state index < -0.39 is 11.5 Å². The van der Waals surface area contributed by atoms with Gasteiger partial charge in [0.25, 0.3) is 0 Å². The number of carbonyl (C=O) groups excluding carboxylic acids is 1. The molecule has 88 valence electrons. The molecule has 0 unspecified atom stereocenters. The fraction of sp³-hybridized carbons (Fsp3) is 0.455. The van der Waals surface area contributed by atoms with Gasteiger partial charge in [0.2, 0.25) is 5.91 Å². The maximum absolute atomic E-state index is 11.8. The second kappa shape index (κ2) is 4.65. The molecule has 0 bridgehead atoms. The zero-order valence-corrected chi connectivity index (χ0v) is 10.4. The Morgan fingerprint density at radius 3 is 2.56 bits per heavy atom. The van der Waals surface area contributed by atoms with E-state index in [-0.39, 0.29) is 12.3 Å². The SMILES string of the molecule is CN(C(=O)Cc1ccsc1)C(C)(C)C(=O)O. The number of carboxylic acid groups (broad SMARTS) is 1. The van der Waals surface area contributed by atoms with Crippen LogP contribution in [-0.4, -0.2) is 34.5 Å². The standard InChI is InChI=1S/C11H15NO3S/c1-11(2,10(14)15)12(3)9(13)6-8-4-5-16-7-8/h4-5,7H,6H2,1-3H3,(H,14,15). The Labute approximate surface area is 98.5 Å². The van der Waals surface area contributed by atoms with Gasteiger partial charge in [-0.2, -0.15) is 11.3 Å². The summed E-state index contributed by atoms with van der Waals surface area (Å²) in [6, 6.07) is 1.87. The zero-order valence-electron chi connectivity index (χ0n) is 9.56. The van der Waals surface area contributed by atoms with Crippen molar-refractivity contribution in [2.45, 2.75) is 25.8 Å². The highest BCUT2D eigenvalue weighted by molar-refractivity contribution is 7.07. The van der Waals surface area contributed by atoms with Gasteiger partial charge in [-0.15, -0.1) is 0 Å². The molecule has 1 aromatic heterocycles. The van der Waals surface area contributed by atoms with Crippen LogP contribution in [0, 0.1) is 0 Å². The van der Waals surface area contributed by atoms with E-state index in [9.17, 15) is 9.59 Å². The molecule has 0 spiro atoms. The molecule has 0 radical (unpaired) electrons. The Balaban J connectivity index is 2.71. The molecule has 0 saturated heterocycles. The van der Waals surface area contributed by atoms with Gasteiger partial charge in [0.15, 0.2) is 0 Å². The Kier molecular flexibility index (Phi) is 3.70. The molecule has 1 N–H and O–H groups in total. The normalized spacial score (nSPS) is 11.2. The number of carbonyl (C=O) groups is 2. The van der Waals surface area contributed by atoms with Crippen LogP contribution in [0.3, 0.4) is 0 Å². The van der Waals surface area contributed by atoms with Gasteiger partial charge in [0.1, 0.15) is 5.54 Å². The molecule has 0 aliphatic heterocycles. The van der Waals surface area contributed by atoms with Crippen molar-refractivity contribution in [1.29, 1.82) is 0 Å². The van der Waals surface area contributed by atoms with E-state index in [1.54, 1.807) is 0 Å². The van der Waals surface area contributed by atoms with Crippen molar-refractivity contribution in [3.63, 3.8) is 0 Å². The molecule has 0 fully saturated rings. The Bertz CT molecular complexity index is 384. The van der Waals surface area contributed by atoms with Crippen molar-refractivity contribution in [2.24, 2.45) is 0 Å². The summed E-state index contributed by atoms with van der Waals surface area (Å²) in [5.41, 5.74) is -0.254. The van der Waals surface area contributed by atoms with E-state index in [1.165, 1.54) is 37.1 Å². The number of carboxylic acids is 1. The summed E-state index contributed by atoms with van der Waals surface area (Å²) in [6.07, 6.45) is 0.247. The van der Waals surface area contributed by atoms with Crippen molar-refractivity contribution < 1.29 is 14.7 Å². The van der Waals surface area contributed by atoms with Gasteiger partial charge in [-0.25, -0.2) is 4.79 Å². The number of thiophene rings is 1. The average Bonchev–Trinajstić information content (AvgIpc) is 2.68. The third-order valence-electron chi connectivity index (χ3n) is 2.67. The van der Waals surface area contributed by atoms with Crippen LogP contribution in [0.15, 0.2) is 16.8 Å². The summed E-state index contributed by atoms with van der Waals surface area (Å²) in [5.74, 6) is -1.19. The maximum atomic E-state index is 11.8. The quantitative estimate of drug-likeness (QED) is 0.871. The fourth-order valence-electron chi connectivity index (χ4n) is 1.14. The minimum atomic E-state index is -1.17. The van der Waals surface area contributed by atoms with E-state index in [2.05, 4.69) is 0 Å². The van der Waals surface area contributed by atoms with Crippen molar-refractivity contribution in [3.05, 3.63) is 22.4 Å². The van der Waals surface area contributed by atoms with Crippen LogP contribution in [0.2, 0.25) is 0 Å². The van der Waals surface area contributed by atoms with Gasteiger partial charge in [0.05, 0.1) is 6.42 Å². The molecule has 5 heteroatoms. The summed E-state index contributed by atoms with van der Waals surface area (Å²) in [7, 11) is 1.52. The van der Waals surface area contributed by atoms with Crippen molar-refractivity contribution in [3.8, 4) is 0 Å². The van der Waals surface area contributed by atoms with Crippen LogP contribution < -0.4 is 0 Å². The van der Waals surface area contributed by atoms with Crippen LogP contribution in [0.5, 0.6) is 0 Å². The highest BCUT2D eigenvalue weighted by Crippen LogP contribution is 2.15. The lowest BCUT2D eigenvalue weighted by molar-refractivity contribution is -0.155. The highest BCUT2D eigenvalue weighted by atomic mass is 32.1. The first-order chi connectivity index (χ1) is 7.35. The van der Waals surface area contributed by atoms with Gasteiger partial charge >= 0.3 is 5.97 Å². The van der Waals surface area contributed by atoms with Gasteiger partial charge < -0.3 is 10.0 Å². The van der Waals surface area contributed by atoms with E-state index >= 15 is 0 Å². The van der Waals surface area contributed by atoms with Gasteiger partial charge in [-0.3, -0.25) is 4.79 Å². The summed E-state index contributed by atoms with van der Waals surface area (Å²) < 4.78 is 0. The molecule has 1 rings (SSSR count). The largest absolute Gasteiger partial charge is 0.480 e. The summed E-state index contributed by atoms with van der Waals surface area (Å²) >= 11 is 1.52. The van der Waals surface area contributed by atoms with Crippen LogP contribution in [0.25, 0.3) is 0 Å². The number of aliphatic carboxylic acids is 1. The van der Waals surface area contributed by atoms with E-state index in [1.807, 2.05) is 16.8 Å². The molecule has 0 atom stereocenters. The molecular weight excluding hydrogens is 226 g/mol. The number of amides is 1. The topological polar surface area (TPSA) is 57.6 Å². The molecule has 0 saturated carbocycles. The van der Waals surface area contributed by atoms with Gasteiger partial charge in [-0.1, -0.05) is 0 Å². The molecular formula is C11H15NO3S. The van der Waals surface area contributed by atoms with Crippen molar-refractivity contribution >= 4 is 23.2 Å². The molecule has 1 heterocycles. The molecule has 1 aromatic rings. The number of hydrogen-bond acceptors (Lipinski definition) is 3. The number of hydrogen-bond donors (Lipinski definition) is 1. The first-order valence-corrected chi connectivity index (χ1v) is 5.81. The number of nitrogens with zero attached hydrogens (tertiary/aromatic N) is 1. The zero-order chi connectivity index (χ0) is 12.3.